The van der Waals surface area contributed by atoms with Crippen LogP contribution in [0.25, 0.3) is 0 Å². The molecule has 2 N–H and O–H groups in total. The summed E-state index contributed by atoms with van der Waals surface area (Å²) < 4.78 is 4.73. The fourth-order valence-corrected chi connectivity index (χ4v) is 2.40. The van der Waals surface area contributed by atoms with Crippen LogP contribution in [0.2, 0.25) is 0 Å². The molecule has 2 unspecified atom stereocenters. The number of carbonyl (C=O) groups is 1. The number of hydrogen-bond acceptors (Lipinski definition) is 4. The summed E-state index contributed by atoms with van der Waals surface area (Å²) in [6, 6.07) is 2.78. The Morgan fingerprint density at radius 3 is 2.89 bits per heavy atom. The Balaban J connectivity index is 2.20. The lowest BCUT2D eigenvalue weighted by Gasteiger charge is -2.38. The van der Waals surface area contributed by atoms with Gasteiger partial charge in [-0.05, 0) is 32.3 Å². The average molecular weight is 250 g/mol. The Morgan fingerprint density at radius 1 is 1.50 bits per heavy atom. The number of likely N-dealkylation sites (tertiary alicyclic amines) is 1. The van der Waals surface area contributed by atoms with Crippen molar-refractivity contribution in [2.24, 2.45) is 5.73 Å². The van der Waals surface area contributed by atoms with Gasteiger partial charge in [0.2, 0.25) is 0 Å². The summed E-state index contributed by atoms with van der Waals surface area (Å²) in [4.78, 5) is 25.0. The van der Waals surface area contributed by atoms with E-state index >= 15 is 0 Å². The van der Waals surface area contributed by atoms with Crippen LogP contribution >= 0.6 is 0 Å². The summed E-state index contributed by atoms with van der Waals surface area (Å²) in [5.74, 6) is -0.110. The van der Waals surface area contributed by atoms with Crippen molar-refractivity contribution in [3.05, 3.63) is 34.4 Å². The van der Waals surface area contributed by atoms with Crippen LogP contribution in [0.15, 0.2) is 27.6 Å². The largest absolute Gasteiger partial charge is 0.430 e. The van der Waals surface area contributed by atoms with E-state index in [4.69, 9.17) is 10.2 Å². The van der Waals surface area contributed by atoms with Gasteiger partial charge in [0.25, 0.3) is 5.91 Å². The Labute approximate surface area is 106 Å². The lowest BCUT2D eigenvalue weighted by molar-refractivity contribution is 0.0581. The van der Waals surface area contributed by atoms with E-state index in [0.29, 0.717) is 12.1 Å². The molecule has 18 heavy (non-hydrogen) atoms. The molecular weight excluding hydrogens is 232 g/mol. The molecule has 98 valence electrons. The van der Waals surface area contributed by atoms with Gasteiger partial charge in [0.05, 0.1) is 5.56 Å². The highest BCUT2D eigenvalue weighted by atomic mass is 16.4. The van der Waals surface area contributed by atoms with Crippen molar-refractivity contribution >= 4 is 5.91 Å². The Morgan fingerprint density at radius 2 is 2.28 bits per heavy atom. The summed E-state index contributed by atoms with van der Waals surface area (Å²) >= 11 is 0. The molecule has 0 saturated carbocycles. The topological polar surface area (TPSA) is 76.5 Å². The first kappa shape index (κ1) is 12.8. The molecule has 0 radical (unpaired) electrons. The van der Waals surface area contributed by atoms with Gasteiger partial charge in [0, 0.05) is 24.7 Å². The average Bonchev–Trinajstić information content (AvgIpc) is 2.39. The van der Waals surface area contributed by atoms with Crippen molar-refractivity contribution in [1.29, 1.82) is 0 Å². The van der Waals surface area contributed by atoms with Gasteiger partial charge in [-0.2, -0.15) is 0 Å². The highest BCUT2D eigenvalue weighted by Gasteiger charge is 2.29. The second kappa shape index (κ2) is 5.35. The third-order valence-corrected chi connectivity index (χ3v) is 3.36. The van der Waals surface area contributed by atoms with Crippen molar-refractivity contribution in [1.82, 2.24) is 4.90 Å². The lowest BCUT2D eigenvalue weighted by Crippen LogP contribution is -2.51. The van der Waals surface area contributed by atoms with E-state index in [2.05, 4.69) is 0 Å². The lowest BCUT2D eigenvalue weighted by atomic mass is 9.96. The van der Waals surface area contributed by atoms with Gasteiger partial charge in [0.15, 0.2) is 0 Å². The molecule has 0 bridgehead atoms. The van der Waals surface area contributed by atoms with Crippen LogP contribution in [0.4, 0.5) is 0 Å². The van der Waals surface area contributed by atoms with Crippen LogP contribution in [0, 0.1) is 0 Å². The third-order valence-electron chi connectivity index (χ3n) is 3.36. The number of nitrogens with zero attached hydrogens (tertiary/aromatic N) is 1. The maximum absolute atomic E-state index is 12.3. The van der Waals surface area contributed by atoms with E-state index in [1.165, 1.54) is 18.4 Å². The van der Waals surface area contributed by atoms with E-state index in [9.17, 15) is 9.59 Å². The van der Waals surface area contributed by atoms with Gasteiger partial charge >= 0.3 is 5.63 Å². The van der Waals surface area contributed by atoms with Crippen molar-refractivity contribution in [3.63, 3.8) is 0 Å². The molecule has 1 saturated heterocycles. The van der Waals surface area contributed by atoms with Gasteiger partial charge in [-0.1, -0.05) is 0 Å². The second-order valence-corrected chi connectivity index (χ2v) is 4.76. The zero-order valence-corrected chi connectivity index (χ0v) is 10.5. The predicted octanol–water partition coefficient (Wildman–Crippen LogP) is 0.982. The fourth-order valence-electron chi connectivity index (χ4n) is 2.40. The smallest absolute Gasteiger partial charge is 0.335 e. The molecule has 5 heteroatoms. The maximum Gasteiger partial charge on any atom is 0.335 e. The van der Waals surface area contributed by atoms with Gasteiger partial charge in [0.1, 0.15) is 6.26 Å². The molecule has 0 aliphatic carbocycles. The number of nitrogens with two attached hydrogens (primary N) is 1. The Hall–Kier alpha value is -1.62. The monoisotopic (exact) mass is 250 g/mol. The van der Waals surface area contributed by atoms with E-state index in [1.807, 2.05) is 6.92 Å². The summed E-state index contributed by atoms with van der Waals surface area (Å²) in [5.41, 5.74) is 5.88. The van der Waals surface area contributed by atoms with Gasteiger partial charge in [-0.25, -0.2) is 4.79 Å². The first-order valence-electron chi connectivity index (χ1n) is 6.25. The van der Waals surface area contributed by atoms with Crippen molar-refractivity contribution < 1.29 is 9.21 Å². The molecule has 1 amide bonds. The molecule has 2 heterocycles. The predicted molar refractivity (Wildman–Crippen MR) is 67.3 cm³/mol. The summed E-state index contributed by atoms with van der Waals surface area (Å²) in [5, 5.41) is 0. The minimum Gasteiger partial charge on any atom is -0.430 e. The number of rotatable bonds is 2. The summed E-state index contributed by atoms with van der Waals surface area (Å²) in [6.07, 6.45) is 4.24. The molecule has 1 aromatic rings. The fraction of sp³-hybridized carbons (Fsp3) is 0.538. The van der Waals surface area contributed by atoms with E-state index in [0.717, 1.165) is 19.3 Å². The molecule has 2 rings (SSSR count). The first-order chi connectivity index (χ1) is 8.59. The SMILES string of the molecule is CC(N)C1CCCCN1C(=O)c1ccc(=O)oc1. The van der Waals surface area contributed by atoms with Crippen molar-refractivity contribution in [2.75, 3.05) is 6.54 Å². The minimum atomic E-state index is -0.450. The van der Waals surface area contributed by atoms with Gasteiger partial charge in [-0.15, -0.1) is 0 Å². The minimum absolute atomic E-state index is 0.0510. The standard InChI is InChI=1S/C13H18N2O3/c1-9(14)11-4-2-3-7-15(11)13(17)10-5-6-12(16)18-8-10/h5-6,8-9,11H,2-4,7,14H2,1H3. The van der Waals surface area contributed by atoms with E-state index in [1.54, 1.807) is 4.90 Å². The van der Waals surface area contributed by atoms with Crippen molar-refractivity contribution in [3.8, 4) is 0 Å². The third kappa shape index (κ3) is 2.61. The van der Waals surface area contributed by atoms with E-state index in [-0.39, 0.29) is 18.0 Å². The normalized spacial score (nSPS) is 21.7. The summed E-state index contributed by atoms with van der Waals surface area (Å²) in [7, 11) is 0. The highest BCUT2D eigenvalue weighted by Crippen LogP contribution is 2.21. The molecule has 1 aliphatic rings. The molecule has 1 fully saturated rings. The quantitative estimate of drug-likeness (QED) is 0.849. The van der Waals surface area contributed by atoms with Crippen LogP contribution in [0.1, 0.15) is 36.5 Å². The zero-order chi connectivity index (χ0) is 13.1. The van der Waals surface area contributed by atoms with Crippen molar-refractivity contribution in [2.45, 2.75) is 38.3 Å². The molecule has 0 aromatic carbocycles. The number of hydrogen-bond donors (Lipinski definition) is 1. The number of piperidine rings is 1. The number of amides is 1. The number of carbonyl (C=O) groups excluding carboxylic acids is 1. The highest BCUT2D eigenvalue weighted by molar-refractivity contribution is 5.94. The van der Waals surface area contributed by atoms with Gasteiger partial charge in [-0.3, -0.25) is 4.79 Å². The van der Waals surface area contributed by atoms with Gasteiger partial charge < -0.3 is 15.1 Å². The van der Waals surface area contributed by atoms with E-state index < -0.39 is 5.63 Å². The zero-order valence-electron chi connectivity index (χ0n) is 10.5. The molecule has 5 nitrogen and oxygen atoms in total. The first-order valence-corrected chi connectivity index (χ1v) is 6.25. The summed E-state index contributed by atoms with van der Waals surface area (Å²) in [6.45, 7) is 2.63. The van der Waals surface area contributed by atoms with Crippen LogP contribution in [-0.4, -0.2) is 29.4 Å². The van der Waals surface area contributed by atoms with Crippen LogP contribution in [0.5, 0.6) is 0 Å². The molecule has 0 spiro atoms. The molecule has 2 atom stereocenters. The Bertz CT molecular complexity index is 461. The second-order valence-electron chi connectivity index (χ2n) is 4.76. The van der Waals surface area contributed by atoms with Crippen LogP contribution in [-0.2, 0) is 0 Å². The van der Waals surface area contributed by atoms with Crippen LogP contribution < -0.4 is 11.4 Å². The molecular formula is C13H18N2O3. The molecule has 1 aliphatic heterocycles. The Kier molecular flexibility index (Phi) is 3.81. The molecule has 1 aromatic heterocycles. The maximum atomic E-state index is 12.3. The van der Waals surface area contributed by atoms with Crippen LogP contribution in [0.3, 0.4) is 0 Å².